The van der Waals surface area contributed by atoms with E-state index in [0.717, 1.165) is 79.4 Å². The molecule has 0 saturated carbocycles. The number of hydrogen-bond acceptors (Lipinski definition) is 6. The molecule has 0 aromatic heterocycles. The van der Waals surface area contributed by atoms with Crippen LogP contribution in [0.25, 0.3) is 22.3 Å². The maximum Gasteiger partial charge on any atom is 0.151 e. The van der Waals surface area contributed by atoms with Gasteiger partial charge >= 0.3 is 0 Å². The van der Waals surface area contributed by atoms with Gasteiger partial charge in [0.25, 0.3) is 0 Å². The first-order chi connectivity index (χ1) is 24.7. The average Bonchev–Trinajstić information content (AvgIpc) is 3.18. The molecule has 0 aliphatic carbocycles. The fraction of sp³-hybridized carbons (Fsp3) is 0. The molecule has 236 valence electrons. The van der Waals surface area contributed by atoms with Gasteiger partial charge in [0.05, 0.1) is 34.4 Å². The summed E-state index contributed by atoms with van der Waals surface area (Å²) in [6, 6.07) is 55.1. The Labute approximate surface area is 289 Å². The second kappa shape index (κ2) is 11.9. The molecule has 6 nitrogen and oxygen atoms in total. The van der Waals surface area contributed by atoms with Gasteiger partial charge in [-0.2, -0.15) is 5.26 Å². The highest BCUT2D eigenvalue weighted by atomic mass is 16.5. The summed E-state index contributed by atoms with van der Waals surface area (Å²) in [5, 5.41) is 18.1. The van der Waals surface area contributed by atoms with Crippen LogP contribution in [0.2, 0.25) is 0 Å². The van der Waals surface area contributed by atoms with Crippen molar-refractivity contribution in [2.75, 3.05) is 9.80 Å². The molecule has 2 aliphatic heterocycles. The molecule has 0 unspecified atom stereocenters. The molecule has 1 N–H and O–H groups in total. The number of nitriles is 1. The summed E-state index contributed by atoms with van der Waals surface area (Å²) in [4.78, 5) is 4.42. The van der Waals surface area contributed by atoms with E-state index in [9.17, 15) is 5.26 Å². The van der Waals surface area contributed by atoms with E-state index in [1.165, 1.54) is 6.21 Å². The standard InChI is InChI=1S/C44H28N4O2/c45-27-31-25-35(29-17-21-33(22-18-29)47-37-9-1-5-13-41(37)49-42-14-6-2-10-38(42)47)36(26-32(31)28-46)30-19-23-34(24-20-30)48-39-11-3-7-15-43(39)50-44-16-8-4-12-40(44)48/h1-27,45H. The zero-order valence-corrected chi connectivity index (χ0v) is 26.7. The van der Waals surface area contributed by atoms with Crippen LogP contribution >= 0.6 is 0 Å². The lowest BCUT2D eigenvalue weighted by Crippen LogP contribution is -2.15. The van der Waals surface area contributed by atoms with Crippen molar-refractivity contribution in [3.63, 3.8) is 0 Å². The predicted octanol–water partition coefficient (Wildman–Crippen LogP) is 12.0. The molecular weight excluding hydrogens is 617 g/mol. The van der Waals surface area contributed by atoms with E-state index in [1.54, 1.807) is 0 Å². The Bertz CT molecular complexity index is 2390. The third-order valence-electron chi connectivity index (χ3n) is 9.20. The Hall–Kier alpha value is -7.10. The molecule has 0 bridgehead atoms. The summed E-state index contributed by atoms with van der Waals surface area (Å²) in [6.07, 6.45) is 1.25. The number of anilines is 6. The van der Waals surface area contributed by atoms with E-state index in [0.29, 0.717) is 11.1 Å². The van der Waals surface area contributed by atoms with Crippen LogP contribution in [-0.2, 0) is 0 Å². The minimum atomic E-state index is 0.456. The molecule has 0 atom stereocenters. The van der Waals surface area contributed by atoms with Gasteiger partial charge in [-0.25, -0.2) is 0 Å². The van der Waals surface area contributed by atoms with Crippen LogP contribution in [0.3, 0.4) is 0 Å². The summed E-state index contributed by atoms with van der Waals surface area (Å²) in [5.74, 6) is 3.19. The van der Waals surface area contributed by atoms with Gasteiger partial charge in [0.2, 0.25) is 0 Å². The number of nitrogens with zero attached hydrogens (tertiary/aromatic N) is 3. The number of rotatable bonds is 5. The highest BCUT2D eigenvalue weighted by Gasteiger charge is 2.27. The molecule has 9 rings (SSSR count). The Kier molecular flexibility index (Phi) is 6.89. The van der Waals surface area contributed by atoms with E-state index >= 15 is 0 Å². The number of nitrogens with one attached hydrogen (secondary N) is 1. The lowest BCUT2D eigenvalue weighted by Gasteiger charge is -2.33. The fourth-order valence-corrected chi connectivity index (χ4v) is 6.86. The molecule has 0 amide bonds. The summed E-state index contributed by atoms with van der Waals surface area (Å²) in [5.41, 5.74) is 10.7. The molecule has 0 spiro atoms. The first-order valence-corrected chi connectivity index (χ1v) is 16.3. The van der Waals surface area contributed by atoms with Crippen molar-refractivity contribution in [3.05, 3.63) is 169 Å². The minimum absolute atomic E-state index is 0.456. The van der Waals surface area contributed by atoms with E-state index < -0.39 is 0 Å². The summed E-state index contributed by atoms with van der Waals surface area (Å²) < 4.78 is 12.4. The Balaban J connectivity index is 1.12. The number of benzene rings is 7. The van der Waals surface area contributed by atoms with Crippen molar-refractivity contribution in [2.24, 2.45) is 0 Å². The van der Waals surface area contributed by atoms with Crippen molar-refractivity contribution in [2.45, 2.75) is 0 Å². The summed E-state index contributed by atoms with van der Waals surface area (Å²) in [6.45, 7) is 0. The first kappa shape index (κ1) is 29.1. The summed E-state index contributed by atoms with van der Waals surface area (Å²) in [7, 11) is 0. The van der Waals surface area contributed by atoms with Crippen molar-refractivity contribution in [1.29, 1.82) is 10.7 Å². The number of hydrogen-bond donors (Lipinski definition) is 1. The molecule has 50 heavy (non-hydrogen) atoms. The molecule has 2 heterocycles. The molecule has 7 aromatic rings. The number of fused-ring (bicyclic) bond motifs is 4. The van der Waals surface area contributed by atoms with Gasteiger partial charge < -0.3 is 24.7 Å². The molecule has 0 saturated heterocycles. The maximum atomic E-state index is 10.0. The SMILES string of the molecule is N#Cc1cc(-c2ccc(N3c4ccccc4Oc4ccccc43)cc2)c(-c2ccc(N3c4ccccc4Oc4ccccc43)cc2)cc1C=N. The zero-order valence-electron chi connectivity index (χ0n) is 26.7. The van der Waals surface area contributed by atoms with E-state index in [2.05, 4.69) is 88.7 Å². The largest absolute Gasteiger partial charge is 0.453 e. The van der Waals surface area contributed by atoms with Crippen molar-refractivity contribution in [1.82, 2.24) is 0 Å². The lowest BCUT2D eigenvalue weighted by molar-refractivity contribution is 0.477. The molecule has 6 heteroatoms. The molecule has 7 aromatic carbocycles. The quantitative estimate of drug-likeness (QED) is 0.189. The average molecular weight is 645 g/mol. The summed E-state index contributed by atoms with van der Waals surface area (Å²) >= 11 is 0. The second-order valence-electron chi connectivity index (χ2n) is 12.1. The number of ether oxygens (including phenoxy) is 2. The predicted molar refractivity (Wildman–Crippen MR) is 199 cm³/mol. The lowest BCUT2D eigenvalue weighted by atomic mass is 9.90. The van der Waals surface area contributed by atoms with Gasteiger partial charge in [-0.3, -0.25) is 0 Å². The molecular formula is C44H28N4O2. The van der Waals surface area contributed by atoms with E-state index in [4.69, 9.17) is 14.9 Å². The number of para-hydroxylation sites is 8. The van der Waals surface area contributed by atoms with Crippen LogP contribution in [0.15, 0.2) is 158 Å². The van der Waals surface area contributed by atoms with Crippen LogP contribution in [0.5, 0.6) is 23.0 Å². The highest BCUT2D eigenvalue weighted by molar-refractivity contribution is 5.94. The van der Waals surface area contributed by atoms with Crippen molar-refractivity contribution < 1.29 is 9.47 Å². The Morgan fingerprint density at radius 3 is 1.20 bits per heavy atom. The van der Waals surface area contributed by atoms with E-state index in [-0.39, 0.29) is 0 Å². The van der Waals surface area contributed by atoms with Crippen LogP contribution in [0.4, 0.5) is 34.1 Å². The van der Waals surface area contributed by atoms with Crippen LogP contribution in [0, 0.1) is 16.7 Å². The van der Waals surface area contributed by atoms with Gasteiger partial charge in [0.15, 0.2) is 23.0 Å². The minimum Gasteiger partial charge on any atom is -0.453 e. The van der Waals surface area contributed by atoms with Crippen LogP contribution in [-0.4, -0.2) is 6.21 Å². The van der Waals surface area contributed by atoms with E-state index in [1.807, 2.05) is 84.9 Å². The third-order valence-corrected chi connectivity index (χ3v) is 9.20. The van der Waals surface area contributed by atoms with Crippen molar-refractivity contribution >= 4 is 40.3 Å². The van der Waals surface area contributed by atoms with Crippen molar-refractivity contribution in [3.8, 4) is 51.3 Å². The normalized spacial score (nSPS) is 12.3. The van der Waals surface area contributed by atoms with Crippen LogP contribution in [0.1, 0.15) is 11.1 Å². The van der Waals surface area contributed by atoms with Gasteiger partial charge in [0, 0.05) is 23.2 Å². The monoisotopic (exact) mass is 644 g/mol. The molecule has 0 radical (unpaired) electrons. The second-order valence-corrected chi connectivity index (χ2v) is 12.1. The van der Waals surface area contributed by atoms with Gasteiger partial charge in [-0.15, -0.1) is 0 Å². The molecule has 2 aliphatic rings. The molecule has 0 fully saturated rings. The Morgan fingerprint density at radius 2 is 0.840 bits per heavy atom. The van der Waals surface area contributed by atoms with Gasteiger partial charge in [0.1, 0.15) is 0 Å². The van der Waals surface area contributed by atoms with Gasteiger partial charge in [-0.05, 0) is 107 Å². The Morgan fingerprint density at radius 1 is 0.480 bits per heavy atom. The van der Waals surface area contributed by atoms with Crippen LogP contribution < -0.4 is 19.3 Å². The fourth-order valence-electron chi connectivity index (χ4n) is 6.86. The topological polar surface area (TPSA) is 72.6 Å². The third kappa shape index (κ3) is 4.76. The maximum absolute atomic E-state index is 10.0. The first-order valence-electron chi connectivity index (χ1n) is 16.3. The highest BCUT2D eigenvalue weighted by Crippen LogP contribution is 2.52. The van der Waals surface area contributed by atoms with Gasteiger partial charge in [-0.1, -0.05) is 72.8 Å². The zero-order chi connectivity index (χ0) is 33.6. The smallest absolute Gasteiger partial charge is 0.151 e.